The number of hydrogen-bond acceptors (Lipinski definition) is 5. The molecule has 3 heterocycles. The summed E-state index contributed by atoms with van der Waals surface area (Å²) < 4.78 is 10.7. The smallest absolute Gasteiger partial charge is 1.00 e. The topological polar surface area (TPSA) is 56.1 Å². The van der Waals surface area contributed by atoms with E-state index in [9.17, 15) is 0 Å². The van der Waals surface area contributed by atoms with E-state index in [1.807, 2.05) is 18.2 Å². The first kappa shape index (κ1) is 22.6. The van der Waals surface area contributed by atoms with Gasteiger partial charge in [-0.3, -0.25) is 0 Å². The molecular weight excluding hydrogens is 457 g/mol. The zero-order valence-electron chi connectivity index (χ0n) is 10.4. The molecule has 0 unspecified atom stereocenters. The molecule has 0 atom stereocenters. The molecule has 20 heavy (non-hydrogen) atoms. The maximum Gasteiger partial charge on any atom is 3.00 e. The van der Waals surface area contributed by atoms with E-state index >= 15 is 0 Å². The molecule has 0 aromatic carbocycles. The molecule has 1 aromatic rings. The fourth-order valence-corrected chi connectivity index (χ4v) is 1.65. The first-order valence-electron chi connectivity index (χ1n) is 5.26. The van der Waals surface area contributed by atoms with Crippen LogP contribution >= 0.6 is 0 Å². The summed E-state index contributed by atoms with van der Waals surface area (Å²) in [5.41, 5.74) is 1.49. The average molecular weight is 468 g/mol. The molecule has 0 saturated heterocycles. The van der Waals surface area contributed by atoms with Crippen molar-refractivity contribution in [3.05, 3.63) is 29.6 Å². The number of rotatable bonds is 2. The van der Waals surface area contributed by atoms with Gasteiger partial charge in [0.1, 0.15) is 24.6 Å². The van der Waals surface area contributed by atoms with Crippen LogP contribution in [0.5, 0.6) is 0 Å². The van der Waals surface area contributed by atoms with E-state index in [0.717, 1.165) is 11.4 Å². The molecule has 0 amide bonds. The average Bonchev–Trinajstić information content (AvgIpc) is 3.03. The van der Waals surface area contributed by atoms with Gasteiger partial charge >= 0.3 is 40.8 Å². The normalized spacial score (nSPS) is 15.0. The van der Waals surface area contributed by atoms with Crippen LogP contribution in [0.3, 0.4) is 0 Å². The second-order valence-corrected chi connectivity index (χ2v) is 3.48. The third-order valence-electron chi connectivity index (χ3n) is 2.36. The summed E-state index contributed by atoms with van der Waals surface area (Å²) in [5.74, 6) is 1.22. The Hall–Kier alpha value is 0.311. The molecular formula is C11H11Cl3N3NdO2. The molecule has 107 valence electrons. The summed E-state index contributed by atoms with van der Waals surface area (Å²) in [4.78, 5) is 12.9. The first-order valence-corrected chi connectivity index (χ1v) is 5.26. The molecule has 3 rings (SSSR count). The predicted molar refractivity (Wildman–Crippen MR) is 58.9 cm³/mol. The van der Waals surface area contributed by atoms with Gasteiger partial charge in [-0.2, -0.15) is 0 Å². The minimum Gasteiger partial charge on any atom is -1.00 e. The van der Waals surface area contributed by atoms with Gasteiger partial charge in [0.25, 0.3) is 0 Å². The summed E-state index contributed by atoms with van der Waals surface area (Å²) in [7, 11) is 0. The van der Waals surface area contributed by atoms with Crippen molar-refractivity contribution < 1.29 is 87.5 Å². The van der Waals surface area contributed by atoms with Gasteiger partial charge in [0.15, 0.2) is 0 Å². The van der Waals surface area contributed by atoms with E-state index in [2.05, 4.69) is 15.0 Å². The van der Waals surface area contributed by atoms with Crippen molar-refractivity contribution in [1.82, 2.24) is 4.98 Å². The molecule has 5 nitrogen and oxygen atoms in total. The zero-order chi connectivity index (χ0) is 10.8. The van der Waals surface area contributed by atoms with Gasteiger partial charge in [-0.05, 0) is 12.1 Å². The number of ether oxygens (including phenoxy) is 2. The number of halogens is 3. The summed E-state index contributed by atoms with van der Waals surface area (Å²) in [6.07, 6.45) is 0. The Morgan fingerprint density at radius 1 is 0.800 bits per heavy atom. The Morgan fingerprint density at radius 2 is 1.25 bits per heavy atom. The van der Waals surface area contributed by atoms with Gasteiger partial charge in [0, 0.05) is 0 Å². The van der Waals surface area contributed by atoms with Crippen LogP contribution in [0.15, 0.2) is 28.2 Å². The van der Waals surface area contributed by atoms with Gasteiger partial charge in [-0.15, -0.1) is 0 Å². The molecule has 0 spiro atoms. The van der Waals surface area contributed by atoms with Gasteiger partial charge in [-0.1, -0.05) is 6.07 Å². The number of aromatic nitrogens is 1. The number of pyridine rings is 1. The largest absolute Gasteiger partial charge is 3.00 e. The molecule has 2 aliphatic rings. The van der Waals surface area contributed by atoms with Gasteiger partial charge < -0.3 is 46.7 Å². The van der Waals surface area contributed by atoms with E-state index in [1.165, 1.54) is 0 Å². The molecule has 0 saturated carbocycles. The van der Waals surface area contributed by atoms with Crippen molar-refractivity contribution in [2.45, 2.75) is 0 Å². The molecule has 2 aliphatic heterocycles. The second kappa shape index (κ2) is 11.0. The Labute approximate surface area is 168 Å². The maximum atomic E-state index is 5.36. The minimum atomic E-state index is 0. The molecule has 0 N–H and O–H groups in total. The van der Waals surface area contributed by atoms with Crippen molar-refractivity contribution in [2.24, 2.45) is 9.98 Å². The van der Waals surface area contributed by atoms with Crippen LogP contribution in [0.4, 0.5) is 0 Å². The van der Waals surface area contributed by atoms with Gasteiger partial charge in [0.2, 0.25) is 11.8 Å². The molecule has 9 heteroatoms. The Bertz CT molecular complexity index is 446. The summed E-state index contributed by atoms with van der Waals surface area (Å²) in [5, 5.41) is 0. The monoisotopic (exact) mass is 464 g/mol. The first-order chi connectivity index (χ1) is 7.93. The molecule has 1 aromatic heterocycles. The fraction of sp³-hybridized carbons (Fsp3) is 0.364. The van der Waals surface area contributed by atoms with Crippen LogP contribution in [0.25, 0.3) is 0 Å². The van der Waals surface area contributed by atoms with Crippen LogP contribution in [0.1, 0.15) is 11.4 Å². The van der Waals surface area contributed by atoms with Crippen molar-refractivity contribution in [3.63, 3.8) is 0 Å². The molecule has 1 radical (unpaired) electrons. The Morgan fingerprint density at radius 3 is 1.60 bits per heavy atom. The molecule has 0 fully saturated rings. The summed E-state index contributed by atoms with van der Waals surface area (Å²) in [6.45, 7) is 2.69. The SMILES string of the molecule is [Cl-].[Cl-].[Cl-].[Nd+3].c1cc(C2=NCCO2)nc(C2=NCCO2)c1. The second-order valence-electron chi connectivity index (χ2n) is 3.48. The summed E-state index contributed by atoms with van der Waals surface area (Å²) in [6, 6.07) is 5.67. The quantitative estimate of drug-likeness (QED) is 0.434. The molecule has 0 bridgehead atoms. The van der Waals surface area contributed by atoms with Crippen LogP contribution in [0, 0.1) is 40.8 Å². The Balaban J connectivity index is 0. The van der Waals surface area contributed by atoms with Crippen LogP contribution < -0.4 is 37.2 Å². The number of nitrogens with zero attached hydrogens (tertiary/aromatic N) is 3. The van der Waals surface area contributed by atoms with Crippen molar-refractivity contribution >= 4 is 11.8 Å². The van der Waals surface area contributed by atoms with Crippen molar-refractivity contribution in [3.8, 4) is 0 Å². The third-order valence-corrected chi connectivity index (χ3v) is 2.36. The standard InChI is InChI=1S/C11H11N3O2.3ClH.Nd/c1-2-8(10-12-4-6-15-10)14-9(3-1)11-13-5-7-16-11;;;;/h1-3H,4-7H2;3*1H;/q;;;;+3/p-3. The van der Waals surface area contributed by atoms with Crippen molar-refractivity contribution in [1.29, 1.82) is 0 Å². The minimum absolute atomic E-state index is 0. The number of hydrogen-bond donors (Lipinski definition) is 0. The van der Waals surface area contributed by atoms with E-state index in [-0.39, 0.29) is 78.1 Å². The number of aliphatic imine (C=N–C) groups is 2. The van der Waals surface area contributed by atoms with E-state index < -0.39 is 0 Å². The predicted octanol–water partition coefficient (Wildman–Crippen LogP) is -8.35. The van der Waals surface area contributed by atoms with Crippen LogP contribution in [-0.4, -0.2) is 43.1 Å². The fourth-order valence-electron chi connectivity index (χ4n) is 1.65. The third kappa shape index (κ3) is 5.26. The maximum absolute atomic E-state index is 5.36. The summed E-state index contributed by atoms with van der Waals surface area (Å²) >= 11 is 0. The van der Waals surface area contributed by atoms with Crippen LogP contribution in [-0.2, 0) is 9.47 Å². The zero-order valence-corrected chi connectivity index (χ0v) is 15.8. The van der Waals surface area contributed by atoms with Gasteiger partial charge in [0.05, 0.1) is 13.1 Å². The Kier molecular flexibility index (Phi) is 12.4. The molecule has 0 aliphatic carbocycles. The van der Waals surface area contributed by atoms with Crippen molar-refractivity contribution in [2.75, 3.05) is 26.3 Å². The van der Waals surface area contributed by atoms with E-state index in [0.29, 0.717) is 38.1 Å². The van der Waals surface area contributed by atoms with Crippen LogP contribution in [0.2, 0.25) is 0 Å². The van der Waals surface area contributed by atoms with E-state index in [4.69, 9.17) is 9.47 Å². The van der Waals surface area contributed by atoms with E-state index in [1.54, 1.807) is 0 Å². The van der Waals surface area contributed by atoms with Gasteiger partial charge in [-0.25, -0.2) is 15.0 Å².